The van der Waals surface area contributed by atoms with E-state index in [0.29, 0.717) is 11.3 Å². The Morgan fingerprint density at radius 3 is 2.60 bits per heavy atom. The van der Waals surface area contributed by atoms with E-state index >= 15 is 0 Å². The summed E-state index contributed by atoms with van der Waals surface area (Å²) in [7, 11) is 0. The molecule has 106 valence electrons. The van der Waals surface area contributed by atoms with Gasteiger partial charge in [0.25, 0.3) is 16.6 Å². The predicted octanol–water partition coefficient (Wildman–Crippen LogP) is 1.57. The van der Waals surface area contributed by atoms with Gasteiger partial charge >= 0.3 is 17.0 Å². The fourth-order valence-corrected chi connectivity index (χ4v) is 1.64. The van der Waals surface area contributed by atoms with Gasteiger partial charge in [-0.15, -0.1) is 10.2 Å². The monoisotopic (exact) mass is 301 g/mol. The summed E-state index contributed by atoms with van der Waals surface area (Å²) in [5, 5.41) is 32.7. The Morgan fingerprint density at radius 2 is 2.05 bits per heavy atom. The molecule has 12 heteroatoms. The van der Waals surface area contributed by atoms with Crippen LogP contribution >= 0.6 is 11.3 Å². The molecule has 0 saturated heterocycles. The standard InChI is InChI=1S/C8H7N5O6S/c1-8(2)18-4(14)3(5(15)19-8)9-10-6-11-12-7(20-6)13(16)17/h14H,1-2H3. The topological polar surface area (TPSA) is 149 Å². The Hall–Kier alpha value is -2.63. The van der Waals surface area contributed by atoms with Crippen LogP contribution in [0.1, 0.15) is 13.8 Å². The van der Waals surface area contributed by atoms with Crippen LogP contribution in [0.3, 0.4) is 0 Å². The van der Waals surface area contributed by atoms with E-state index in [4.69, 9.17) is 9.47 Å². The molecular weight excluding hydrogens is 294 g/mol. The van der Waals surface area contributed by atoms with Gasteiger partial charge in [0, 0.05) is 25.2 Å². The SMILES string of the molecule is CC1(C)OC(=O)C(N=Nc2nnc([N+](=O)[O-])s2)=C(O)O1. The lowest BCUT2D eigenvalue weighted by Crippen LogP contribution is -2.36. The van der Waals surface area contributed by atoms with Crippen LogP contribution in [0.4, 0.5) is 10.3 Å². The van der Waals surface area contributed by atoms with Gasteiger partial charge in [0.1, 0.15) is 0 Å². The van der Waals surface area contributed by atoms with Crippen molar-refractivity contribution in [3.05, 3.63) is 21.8 Å². The maximum Gasteiger partial charge on any atom is 0.452 e. The number of ether oxygens (including phenoxy) is 2. The molecule has 0 amide bonds. The molecule has 2 rings (SSSR count). The second-order valence-corrected chi connectivity index (χ2v) is 4.80. The number of carbonyl (C=O) groups is 1. The fourth-order valence-electron chi connectivity index (χ4n) is 1.16. The van der Waals surface area contributed by atoms with Crippen molar-refractivity contribution < 1.29 is 24.3 Å². The van der Waals surface area contributed by atoms with Crippen LogP contribution < -0.4 is 0 Å². The molecule has 0 aliphatic carbocycles. The number of aliphatic hydroxyl groups excluding tert-OH is 1. The highest BCUT2D eigenvalue weighted by Crippen LogP contribution is 2.28. The van der Waals surface area contributed by atoms with Crippen molar-refractivity contribution in [2.45, 2.75) is 19.6 Å². The first-order valence-corrected chi connectivity index (χ1v) is 5.85. The molecular formula is C8H7N5O6S. The zero-order valence-corrected chi connectivity index (χ0v) is 10.9. The number of hydrogen-bond donors (Lipinski definition) is 1. The molecule has 2 heterocycles. The Balaban J connectivity index is 2.22. The van der Waals surface area contributed by atoms with E-state index in [1.54, 1.807) is 0 Å². The first-order valence-electron chi connectivity index (χ1n) is 5.04. The first kappa shape index (κ1) is 13.8. The highest BCUT2D eigenvalue weighted by Gasteiger charge is 2.36. The summed E-state index contributed by atoms with van der Waals surface area (Å²) in [6, 6.07) is 0. The van der Waals surface area contributed by atoms with E-state index in [2.05, 4.69) is 20.4 Å². The van der Waals surface area contributed by atoms with Crippen LogP contribution in [0.2, 0.25) is 0 Å². The van der Waals surface area contributed by atoms with Gasteiger partial charge in [-0.2, -0.15) is 0 Å². The molecule has 20 heavy (non-hydrogen) atoms. The Labute approximate surface area is 114 Å². The van der Waals surface area contributed by atoms with Crippen LogP contribution in [-0.4, -0.2) is 32.0 Å². The van der Waals surface area contributed by atoms with E-state index in [-0.39, 0.29) is 5.13 Å². The van der Waals surface area contributed by atoms with Crippen molar-refractivity contribution in [3.63, 3.8) is 0 Å². The molecule has 1 aliphatic heterocycles. The van der Waals surface area contributed by atoms with Crippen molar-refractivity contribution in [3.8, 4) is 0 Å². The zero-order chi connectivity index (χ0) is 14.9. The van der Waals surface area contributed by atoms with Gasteiger partial charge in [-0.25, -0.2) is 4.79 Å². The molecule has 0 fully saturated rings. The number of carbonyl (C=O) groups excluding carboxylic acids is 1. The number of nitro groups is 1. The van der Waals surface area contributed by atoms with Crippen molar-refractivity contribution >= 4 is 27.6 Å². The predicted molar refractivity (Wildman–Crippen MR) is 62.0 cm³/mol. The lowest BCUT2D eigenvalue weighted by Gasteiger charge is -2.28. The van der Waals surface area contributed by atoms with Gasteiger partial charge in [0.2, 0.25) is 0 Å². The first-order chi connectivity index (χ1) is 9.28. The third-order valence-electron chi connectivity index (χ3n) is 1.87. The molecule has 1 aliphatic rings. The quantitative estimate of drug-likeness (QED) is 0.382. The second kappa shape index (κ2) is 4.80. The maximum atomic E-state index is 11.5. The van der Waals surface area contributed by atoms with Crippen LogP contribution in [0.25, 0.3) is 0 Å². The molecule has 1 aromatic rings. The van der Waals surface area contributed by atoms with Gasteiger partial charge in [-0.1, -0.05) is 0 Å². The molecule has 0 unspecified atom stereocenters. The summed E-state index contributed by atoms with van der Waals surface area (Å²) in [5.74, 6) is -3.02. The summed E-state index contributed by atoms with van der Waals surface area (Å²) < 4.78 is 9.70. The third kappa shape index (κ3) is 2.85. The van der Waals surface area contributed by atoms with Crippen LogP contribution in [-0.2, 0) is 14.3 Å². The maximum absolute atomic E-state index is 11.5. The molecule has 0 bridgehead atoms. The molecule has 1 aromatic heterocycles. The minimum absolute atomic E-state index is 0.158. The average Bonchev–Trinajstić information content (AvgIpc) is 2.75. The number of cyclic esters (lactones) is 1. The smallest absolute Gasteiger partial charge is 0.452 e. The Morgan fingerprint density at radius 1 is 1.35 bits per heavy atom. The zero-order valence-electron chi connectivity index (χ0n) is 10.1. The van der Waals surface area contributed by atoms with Gasteiger partial charge < -0.3 is 24.7 Å². The minimum Gasteiger partial charge on any atom is -0.479 e. The van der Waals surface area contributed by atoms with Crippen LogP contribution in [0.5, 0.6) is 0 Å². The number of rotatable bonds is 3. The van der Waals surface area contributed by atoms with E-state index in [1.165, 1.54) is 13.8 Å². The van der Waals surface area contributed by atoms with Crippen LogP contribution in [0.15, 0.2) is 21.9 Å². The third-order valence-corrected chi connectivity index (χ3v) is 2.63. The van der Waals surface area contributed by atoms with E-state index in [9.17, 15) is 20.0 Å². The van der Waals surface area contributed by atoms with Crippen molar-refractivity contribution in [2.75, 3.05) is 0 Å². The highest BCUT2D eigenvalue weighted by molar-refractivity contribution is 7.17. The largest absolute Gasteiger partial charge is 0.479 e. The number of aromatic nitrogens is 2. The van der Waals surface area contributed by atoms with Crippen molar-refractivity contribution in [1.82, 2.24) is 10.2 Å². The molecule has 0 saturated carbocycles. The molecule has 11 nitrogen and oxygen atoms in total. The number of esters is 1. The number of hydrogen-bond acceptors (Lipinski definition) is 11. The van der Waals surface area contributed by atoms with Crippen molar-refractivity contribution in [2.24, 2.45) is 10.2 Å². The fraction of sp³-hybridized carbons (Fsp3) is 0.375. The number of nitrogens with zero attached hydrogens (tertiary/aromatic N) is 5. The highest BCUT2D eigenvalue weighted by atomic mass is 32.1. The number of azo groups is 1. The Bertz CT molecular complexity index is 635. The van der Waals surface area contributed by atoms with Gasteiger partial charge in [0.15, 0.2) is 0 Å². The van der Waals surface area contributed by atoms with Gasteiger partial charge in [-0.05, 0) is 10.0 Å². The number of aliphatic hydroxyl groups is 1. The summed E-state index contributed by atoms with van der Waals surface area (Å²) in [5.41, 5.74) is -0.567. The van der Waals surface area contributed by atoms with E-state index < -0.39 is 33.5 Å². The Kier molecular flexibility index (Phi) is 3.31. The second-order valence-electron chi connectivity index (χ2n) is 3.87. The summed E-state index contributed by atoms with van der Waals surface area (Å²) in [6.07, 6.45) is 0. The van der Waals surface area contributed by atoms with Gasteiger partial charge in [0.05, 0.1) is 5.10 Å². The lowest BCUT2D eigenvalue weighted by atomic mass is 10.3. The molecule has 0 radical (unpaired) electrons. The van der Waals surface area contributed by atoms with Gasteiger partial charge in [-0.3, -0.25) is 0 Å². The average molecular weight is 301 g/mol. The normalized spacial score (nSPS) is 18.0. The summed E-state index contributed by atoms with van der Waals surface area (Å²) in [4.78, 5) is 21.2. The molecule has 0 aromatic carbocycles. The van der Waals surface area contributed by atoms with E-state index in [1.807, 2.05) is 0 Å². The molecule has 0 spiro atoms. The summed E-state index contributed by atoms with van der Waals surface area (Å²) in [6.45, 7) is 2.84. The van der Waals surface area contributed by atoms with E-state index in [0.717, 1.165) is 0 Å². The van der Waals surface area contributed by atoms with Crippen molar-refractivity contribution in [1.29, 1.82) is 0 Å². The summed E-state index contributed by atoms with van der Waals surface area (Å²) >= 11 is 0.553. The minimum atomic E-state index is -1.32. The molecule has 0 atom stereocenters. The van der Waals surface area contributed by atoms with Crippen LogP contribution in [0, 0.1) is 10.1 Å². The lowest BCUT2D eigenvalue weighted by molar-refractivity contribution is -0.385. The molecule has 1 N–H and O–H groups in total.